The van der Waals surface area contributed by atoms with Crippen molar-refractivity contribution in [2.45, 2.75) is 12.5 Å². The van der Waals surface area contributed by atoms with E-state index >= 15 is 0 Å². The molecule has 0 saturated carbocycles. The number of aromatic nitrogens is 2. The maximum Gasteiger partial charge on any atom is 0.410 e. The Kier molecular flexibility index (Phi) is 1.87. The molecule has 1 saturated heterocycles. The number of carbonyl (C=O) groups excluding carboxylic acids is 1. The first-order valence-electron chi connectivity index (χ1n) is 4.32. The van der Waals surface area contributed by atoms with Gasteiger partial charge in [-0.2, -0.15) is 0 Å². The molecule has 1 aliphatic rings. The summed E-state index contributed by atoms with van der Waals surface area (Å²) in [7, 11) is 1.70. The molecule has 0 N–H and O–H groups in total. The Hall–Kier alpha value is -1.65. The summed E-state index contributed by atoms with van der Waals surface area (Å²) < 4.78 is 4.95. The van der Waals surface area contributed by atoms with E-state index in [1.165, 1.54) is 4.90 Å². The third kappa shape index (κ3) is 1.13. The van der Waals surface area contributed by atoms with Crippen molar-refractivity contribution in [3.8, 4) is 0 Å². The van der Waals surface area contributed by atoms with Gasteiger partial charge in [-0.05, 0) is 6.92 Å². The zero-order chi connectivity index (χ0) is 10.2. The Morgan fingerprint density at radius 3 is 2.86 bits per heavy atom. The van der Waals surface area contributed by atoms with Gasteiger partial charge in [0.1, 0.15) is 12.1 Å². The molecule has 2 heterocycles. The van der Waals surface area contributed by atoms with E-state index in [1.807, 2.05) is 6.92 Å². The van der Waals surface area contributed by atoms with Gasteiger partial charge < -0.3 is 4.74 Å². The van der Waals surface area contributed by atoms with Gasteiger partial charge in [0, 0.05) is 19.4 Å². The van der Waals surface area contributed by atoms with E-state index in [0.29, 0.717) is 6.61 Å². The Balaban J connectivity index is 2.39. The Bertz CT molecular complexity index is 354. The number of amides is 1. The van der Waals surface area contributed by atoms with Gasteiger partial charge in [-0.1, -0.05) is 0 Å². The Morgan fingerprint density at radius 1 is 1.57 bits per heavy atom. The van der Waals surface area contributed by atoms with Crippen molar-refractivity contribution in [2.75, 3.05) is 13.7 Å². The van der Waals surface area contributed by atoms with Gasteiger partial charge >= 0.3 is 6.09 Å². The Labute approximate surface area is 81.7 Å². The second-order valence-electron chi connectivity index (χ2n) is 3.48. The molecule has 1 fully saturated rings. The van der Waals surface area contributed by atoms with Crippen LogP contribution < -0.4 is 0 Å². The molecule has 1 unspecified atom stereocenters. The summed E-state index contributed by atoms with van der Waals surface area (Å²) in [6.45, 7) is 2.23. The molecular weight excluding hydrogens is 182 g/mol. The fourth-order valence-corrected chi connectivity index (χ4v) is 1.42. The van der Waals surface area contributed by atoms with E-state index in [0.717, 1.165) is 5.69 Å². The van der Waals surface area contributed by atoms with E-state index in [2.05, 4.69) is 9.97 Å². The van der Waals surface area contributed by atoms with Crippen molar-refractivity contribution in [2.24, 2.45) is 0 Å². The van der Waals surface area contributed by atoms with Crippen LogP contribution in [0.2, 0.25) is 0 Å². The van der Waals surface area contributed by atoms with Crippen LogP contribution in [-0.4, -0.2) is 34.6 Å². The second-order valence-corrected chi connectivity index (χ2v) is 3.48. The molecule has 1 aromatic heterocycles. The summed E-state index contributed by atoms with van der Waals surface area (Å²) in [5.41, 5.74) is 0.249. The van der Waals surface area contributed by atoms with Crippen LogP contribution in [0.15, 0.2) is 18.6 Å². The molecule has 74 valence electrons. The molecule has 1 aliphatic heterocycles. The van der Waals surface area contributed by atoms with Gasteiger partial charge in [-0.25, -0.2) is 4.79 Å². The van der Waals surface area contributed by atoms with E-state index in [1.54, 1.807) is 25.6 Å². The number of hydrogen-bond acceptors (Lipinski definition) is 4. The maximum absolute atomic E-state index is 11.2. The maximum atomic E-state index is 11.2. The topological polar surface area (TPSA) is 55.3 Å². The number of carbonyl (C=O) groups is 1. The Morgan fingerprint density at radius 2 is 2.36 bits per heavy atom. The van der Waals surface area contributed by atoms with Crippen molar-refractivity contribution < 1.29 is 9.53 Å². The van der Waals surface area contributed by atoms with Gasteiger partial charge in [0.05, 0.1) is 11.9 Å². The molecule has 0 spiro atoms. The quantitative estimate of drug-likeness (QED) is 0.661. The summed E-state index contributed by atoms with van der Waals surface area (Å²) in [6.07, 6.45) is 4.54. The molecule has 1 atom stereocenters. The molecule has 0 bridgehead atoms. The van der Waals surface area contributed by atoms with Crippen LogP contribution >= 0.6 is 0 Å². The normalized spacial score (nSPS) is 26.4. The van der Waals surface area contributed by atoms with Crippen LogP contribution in [0, 0.1) is 0 Å². The lowest BCUT2D eigenvalue weighted by molar-refractivity contribution is 0.162. The van der Waals surface area contributed by atoms with Gasteiger partial charge in [0.25, 0.3) is 0 Å². The summed E-state index contributed by atoms with van der Waals surface area (Å²) in [6, 6.07) is 0. The lowest BCUT2D eigenvalue weighted by atomic mass is 9.99. The third-order valence-corrected chi connectivity index (χ3v) is 2.61. The minimum absolute atomic E-state index is 0.320. The van der Waals surface area contributed by atoms with Crippen molar-refractivity contribution >= 4 is 6.09 Å². The van der Waals surface area contributed by atoms with Crippen molar-refractivity contribution in [3.05, 3.63) is 24.3 Å². The van der Waals surface area contributed by atoms with Gasteiger partial charge in [-0.15, -0.1) is 0 Å². The highest BCUT2D eigenvalue weighted by atomic mass is 16.6. The minimum atomic E-state index is -0.495. The summed E-state index contributed by atoms with van der Waals surface area (Å²) in [4.78, 5) is 20.9. The van der Waals surface area contributed by atoms with Crippen LogP contribution in [0.25, 0.3) is 0 Å². The first kappa shape index (κ1) is 8.93. The molecule has 5 heteroatoms. The highest BCUT2D eigenvalue weighted by Crippen LogP contribution is 2.30. The minimum Gasteiger partial charge on any atom is -0.446 e. The number of ether oxygens (including phenoxy) is 1. The first-order valence-corrected chi connectivity index (χ1v) is 4.32. The smallest absolute Gasteiger partial charge is 0.410 e. The molecular formula is C9H11N3O2. The predicted molar refractivity (Wildman–Crippen MR) is 48.5 cm³/mol. The van der Waals surface area contributed by atoms with E-state index < -0.39 is 5.54 Å². The second kappa shape index (κ2) is 2.94. The zero-order valence-electron chi connectivity index (χ0n) is 8.10. The zero-order valence-corrected chi connectivity index (χ0v) is 8.10. The van der Waals surface area contributed by atoms with E-state index in [4.69, 9.17) is 4.74 Å². The lowest BCUT2D eigenvalue weighted by Crippen LogP contribution is -2.39. The fraction of sp³-hybridized carbons (Fsp3) is 0.444. The number of nitrogens with zero attached hydrogens (tertiary/aromatic N) is 3. The predicted octanol–water partition coefficient (Wildman–Crippen LogP) is 0.774. The molecule has 2 rings (SSSR count). The SMILES string of the molecule is CN1C(=O)OCC1(C)c1cnccn1. The molecule has 1 amide bonds. The largest absolute Gasteiger partial charge is 0.446 e. The van der Waals surface area contributed by atoms with Crippen LogP contribution in [0.4, 0.5) is 4.79 Å². The lowest BCUT2D eigenvalue weighted by Gasteiger charge is -2.27. The molecule has 0 aliphatic carbocycles. The molecule has 14 heavy (non-hydrogen) atoms. The van der Waals surface area contributed by atoms with Crippen molar-refractivity contribution in [1.29, 1.82) is 0 Å². The van der Waals surface area contributed by atoms with Crippen molar-refractivity contribution in [1.82, 2.24) is 14.9 Å². The average Bonchev–Trinajstić information content (AvgIpc) is 2.49. The molecule has 0 aromatic carbocycles. The number of cyclic esters (lactones) is 1. The number of likely N-dealkylation sites (N-methyl/N-ethyl adjacent to an activating group) is 1. The fourth-order valence-electron chi connectivity index (χ4n) is 1.42. The van der Waals surface area contributed by atoms with E-state index in [9.17, 15) is 4.79 Å². The highest BCUT2D eigenvalue weighted by molar-refractivity contribution is 5.71. The molecule has 1 aromatic rings. The van der Waals surface area contributed by atoms with Crippen LogP contribution in [-0.2, 0) is 10.3 Å². The van der Waals surface area contributed by atoms with Crippen LogP contribution in [0.3, 0.4) is 0 Å². The van der Waals surface area contributed by atoms with E-state index in [-0.39, 0.29) is 6.09 Å². The van der Waals surface area contributed by atoms with Gasteiger partial charge in [0.15, 0.2) is 0 Å². The first-order chi connectivity index (χ1) is 6.64. The van der Waals surface area contributed by atoms with Gasteiger partial charge in [0.2, 0.25) is 0 Å². The van der Waals surface area contributed by atoms with Crippen molar-refractivity contribution in [3.63, 3.8) is 0 Å². The molecule has 0 radical (unpaired) electrons. The number of rotatable bonds is 1. The van der Waals surface area contributed by atoms with Crippen LogP contribution in [0.1, 0.15) is 12.6 Å². The third-order valence-electron chi connectivity index (χ3n) is 2.61. The monoisotopic (exact) mass is 193 g/mol. The number of hydrogen-bond donors (Lipinski definition) is 0. The summed E-state index contributed by atoms with van der Waals surface area (Å²) in [5, 5.41) is 0. The highest BCUT2D eigenvalue weighted by Gasteiger charge is 2.43. The average molecular weight is 193 g/mol. The van der Waals surface area contributed by atoms with Gasteiger partial charge in [-0.3, -0.25) is 14.9 Å². The summed E-state index contributed by atoms with van der Waals surface area (Å²) in [5.74, 6) is 0. The standard InChI is InChI=1S/C9H11N3O2/c1-9(6-14-8(13)12(9)2)7-5-10-3-4-11-7/h3-5H,6H2,1-2H3. The van der Waals surface area contributed by atoms with Crippen LogP contribution in [0.5, 0.6) is 0 Å². The summed E-state index contributed by atoms with van der Waals surface area (Å²) >= 11 is 0. The molecule has 5 nitrogen and oxygen atoms in total.